The van der Waals surface area contributed by atoms with Gasteiger partial charge >= 0.3 is 12.0 Å². The highest BCUT2D eigenvalue weighted by molar-refractivity contribution is 8.00. The molecule has 0 saturated heterocycles. The van der Waals surface area contributed by atoms with E-state index in [1.165, 1.54) is 6.07 Å². The highest BCUT2D eigenvalue weighted by Crippen LogP contribution is 2.20. The predicted octanol–water partition coefficient (Wildman–Crippen LogP) is 1.94. The molecule has 1 aromatic carbocycles. The van der Waals surface area contributed by atoms with E-state index in [9.17, 15) is 18.8 Å². The smallest absolute Gasteiger partial charge is 0.321 e. The third-order valence-corrected chi connectivity index (χ3v) is 3.49. The minimum Gasteiger partial charge on any atom is -0.455 e. The van der Waals surface area contributed by atoms with Crippen molar-refractivity contribution in [3.63, 3.8) is 0 Å². The van der Waals surface area contributed by atoms with Crippen molar-refractivity contribution in [2.75, 3.05) is 18.9 Å². The van der Waals surface area contributed by atoms with Crippen molar-refractivity contribution < 1.29 is 23.5 Å². The van der Waals surface area contributed by atoms with Crippen LogP contribution < -0.4 is 10.6 Å². The van der Waals surface area contributed by atoms with Crippen LogP contribution in [0.15, 0.2) is 29.2 Å². The van der Waals surface area contributed by atoms with E-state index < -0.39 is 30.3 Å². The fraction of sp³-hybridized carbons (Fsp3) is 0.400. The number of amides is 3. The van der Waals surface area contributed by atoms with Crippen LogP contribution in [0.25, 0.3) is 0 Å². The second kappa shape index (κ2) is 9.83. The van der Waals surface area contributed by atoms with E-state index in [1.54, 1.807) is 18.2 Å². The third-order valence-electron chi connectivity index (χ3n) is 2.47. The van der Waals surface area contributed by atoms with Crippen LogP contribution in [0.1, 0.15) is 13.8 Å². The number of esters is 1. The number of halogens is 1. The van der Waals surface area contributed by atoms with E-state index in [2.05, 4.69) is 5.32 Å². The summed E-state index contributed by atoms with van der Waals surface area (Å²) in [5, 5.41) is 4.54. The summed E-state index contributed by atoms with van der Waals surface area (Å²) in [6.45, 7) is 3.69. The van der Waals surface area contributed by atoms with Gasteiger partial charge in [0.2, 0.25) is 0 Å². The fourth-order valence-corrected chi connectivity index (χ4v) is 2.13. The Morgan fingerprint density at radius 1 is 1.26 bits per heavy atom. The van der Waals surface area contributed by atoms with E-state index in [0.717, 1.165) is 11.8 Å². The van der Waals surface area contributed by atoms with Crippen molar-refractivity contribution in [3.8, 4) is 0 Å². The topological polar surface area (TPSA) is 84.5 Å². The quantitative estimate of drug-likeness (QED) is 0.584. The van der Waals surface area contributed by atoms with Gasteiger partial charge in [0, 0.05) is 11.4 Å². The molecule has 0 bridgehead atoms. The lowest BCUT2D eigenvalue weighted by Crippen LogP contribution is -2.42. The molecule has 1 aromatic rings. The molecule has 0 aliphatic rings. The van der Waals surface area contributed by atoms with Gasteiger partial charge in [-0.25, -0.2) is 9.18 Å². The summed E-state index contributed by atoms with van der Waals surface area (Å²) in [5.41, 5.74) is 0. The van der Waals surface area contributed by atoms with Gasteiger partial charge in [-0.3, -0.25) is 14.9 Å². The number of hydrogen-bond donors (Lipinski definition) is 2. The molecule has 0 heterocycles. The first kappa shape index (κ1) is 19.0. The summed E-state index contributed by atoms with van der Waals surface area (Å²) < 4.78 is 18.1. The first-order chi connectivity index (χ1) is 10.9. The first-order valence-electron chi connectivity index (χ1n) is 6.99. The molecule has 2 N–H and O–H groups in total. The maximum atomic E-state index is 13.3. The zero-order valence-corrected chi connectivity index (χ0v) is 13.7. The van der Waals surface area contributed by atoms with E-state index >= 15 is 0 Å². The standard InChI is InChI=1S/C15H19FN2O4S/c1-10(2)7-17-15(21)18-13(19)8-22-14(20)9-23-12-6-4-3-5-11(12)16/h3-6,10H,7-9H2,1-2H3,(H2,17,18,19,21). The van der Waals surface area contributed by atoms with Gasteiger partial charge in [-0.05, 0) is 18.1 Å². The number of imide groups is 1. The summed E-state index contributed by atoms with van der Waals surface area (Å²) in [4.78, 5) is 34.5. The molecule has 0 aliphatic carbocycles. The number of hydrogen-bond acceptors (Lipinski definition) is 5. The molecule has 0 spiro atoms. The lowest BCUT2D eigenvalue weighted by atomic mass is 10.2. The van der Waals surface area contributed by atoms with Crippen molar-refractivity contribution >= 4 is 29.7 Å². The number of benzene rings is 1. The Labute approximate surface area is 138 Å². The highest BCUT2D eigenvalue weighted by Gasteiger charge is 2.12. The molecule has 6 nitrogen and oxygen atoms in total. The normalized spacial score (nSPS) is 10.3. The van der Waals surface area contributed by atoms with Gasteiger partial charge in [-0.2, -0.15) is 0 Å². The van der Waals surface area contributed by atoms with Gasteiger partial charge in [0.1, 0.15) is 5.82 Å². The van der Waals surface area contributed by atoms with Crippen molar-refractivity contribution in [2.24, 2.45) is 5.92 Å². The molecule has 0 unspecified atom stereocenters. The summed E-state index contributed by atoms with van der Waals surface area (Å²) in [5.74, 6) is -1.70. The van der Waals surface area contributed by atoms with Gasteiger partial charge < -0.3 is 10.1 Å². The molecule has 23 heavy (non-hydrogen) atoms. The number of carbonyl (C=O) groups excluding carboxylic acids is 3. The Morgan fingerprint density at radius 2 is 1.96 bits per heavy atom. The van der Waals surface area contributed by atoms with Crippen molar-refractivity contribution in [1.29, 1.82) is 0 Å². The van der Waals surface area contributed by atoms with Crippen LogP contribution in [0, 0.1) is 11.7 Å². The second-order valence-corrected chi connectivity index (χ2v) is 6.05. The number of thioether (sulfide) groups is 1. The number of rotatable bonds is 7. The molecular formula is C15H19FN2O4S. The number of carbonyl (C=O) groups is 3. The predicted molar refractivity (Wildman–Crippen MR) is 84.5 cm³/mol. The summed E-state index contributed by atoms with van der Waals surface area (Å²) in [7, 11) is 0. The Kier molecular flexibility index (Phi) is 8.10. The van der Waals surface area contributed by atoms with Crippen molar-refractivity contribution in [1.82, 2.24) is 10.6 Å². The fourth-order valence-electron chi connectivity index (χ4n) is 1.39. The van der Waals surface area contributed by atoms with Crippen molar-refractivity contribution in [3.05, 3.63) is 30.1 Å². The van der Waals surface area contributed by atoms with Crippen LogP contribution in [0.2, 0.25) is 0 Å². The second-order valence-electron chi connectivity index (χ2n) is 5.03. The van der Waals surface area contributed by atoms with Crippen LogP contribution in [-0.4, -0.2) is 36.8 Å². The zero-order valence-electron chi connectivity index (χ0n) is 12.9. The summed E-state index contributed by atoms with van der Waals surface area (Å²) in [6.07, 6.45) is 0. The minimum atomic E-state index is -0.726. The summed E-state index contributed by atoms with van der Waals surface area (Å²) >= 11 is 0.972. The van der Waals surface area contributed by atoms with Gasteiger partial charge in [-0.1, -0.05) is 26.0 Å². The average molecular weight is 342 g/mol. The molecule has 0 radical (unpaired) electrons. The first-order valence-corrected chi connectivity index (χ1v) is 7.97. The van der Waals surface area contributed by atoms with Gasteiger partial charge in [0.25, 0.3) is 5.91 Å². The molecule has 0 atom stereocenters. The number of ether oxygens (including phenoxy) is 1. The zero-order chi connectivity index (χ0) is 17.2. The molecular weight excluding hydrogens is 323 g/mol. The van der Waals surface area contributed by atoms with Crippen LogP contribution >= 0.6 is 11.8 Å². The summed E-state index contributed by atoms with van der Waals surface area (Å²) in [6, 6.07) is 5.39. The van der Waals surface area contributed by atoms with E-state index in [0.29, 0.717) is 11.4 Å². The van der Waals surface area contributed by atoms with Gasteiger partial charge in [0.05, 0.1) is 5.75 Å². The monoisotopic (exact) mass is 342 g/mol. The van der Waals surface area contributed by atoms with E-state index in [-0.39, 0.29) is 11.7 Å². The largest absolute Gasteiger partial charge is 0.455 e. The Balaban J connectivity index is 2.24. The van der Waals surface area contributed by atoms with Gasteiger partial charge in [0.15, 0.2) is 6.61 Å². The number of nitrogens with one attached hydrogen (secondary N) is 2. The molecule has 1 rings (SSSR count). The number of urea groups is 1. The molecule has 0 fully saturated rings. The maximum Gasteiger partial charge on any atom is 0.321 e. The molecule has 3 amide bonds. The average Bonchev–Trinajstić information content (AvgIpc) is 2.50. The maximum absolute atomic E-state index is 13.3. The lowest BCUT2D eigenvalue weighted by Gasteiger charge is -2.09. The Bertz CT molecular complexity index is 566. The van der Waals surface area contributed by atoms with Gasteiger partial charge in [-0.15, -0.1) is 11.8 Å². The highest BCUT2D eigenvalue weighted by atomic mass is 32.2. The van der Waals surface area contributed by atoms with Crippen LogP contribution in [0.3, 0.4) is 0 Å². The van der Waals surface area contributed by atoms with E-state index in [4.69, 9.17) is 4.74 Å². The van der Waals surface area contributed by atoms with Crippen LogP contribution in [-0.2, 0) is 14.3 Å². The lowest BCUT2D eigenvalue weighted by molar-refractivity contribution is -0.145. The van der Waals surface area contributed by atoms with Crippen LogP contribution in [0.4, 0.5) is 9.18 Å². The molecule has 0 saturated carbocycles. The molecule has 8 heteroatoms. The third kappa shape index (κ3) is 8.20. The molecule has 0 aliphatic heterocycles. The van der Waals surface area contributed by atoms with Crippen molar-refractivity contribution in [2.45, 2.75) is 18.7 Å². The molecule has 126 valence electrons. The van der Waals surface area contributed by atoms with E-state index in [1.807, 2.05) is 19.2 Å². The minimum absolute atomic E-state index is 0.131. The SMILES string of the molecule is CC(C)CNC(=O)NC(=O)COC(=O)CSc1ccccc1F. The molecule has 0 aromatic heterocycles. The Hall–Kier alpha value is -2.09. The van der Waals surface area contributed by atoms with Crippen LogP contribution in [0.5, 0.6) is 0 Å². The Morgan fingerprint density at radius 3 is 2.61 bits per heavy atom.